The maximum atomic E-state index is 13.4. The van der Waals surface area contributed by atoms with Crippen LogP contribution in [-0.2, 0) is 12.6 Å². The van der Waals surface area contributed by atoms with Crippen LogP contribution in [0.25, 0.3) is 33.2 Å². The van der Waals surface area contributed by atoms with E-state index in [1.54, 1.807) is 12.1 Å². The lowest BCUT2D eigenvalue weighted by atomic mass is 10.0. The van der Waals surface area contributed by atoms with Crippen molar-refractivity contribution < 1.29 is 13.2 Å². The van der Waals surface area contributed by atoms with Crippen LogP contribution in [0.3, 0.4) is 0 Å². The molecule has 0 fully saturated rings. The van der Waals surface area contributed by atoms with Crippen LogP contribution in [0.2, 0.25) is 0 Å². The Labute approximate surface area is 172 Å². The second kappa shape index (κ2) is 7.31. The Morgan fingerprint density at radius 1 is 0.933 bits per heavy atom. The number of nitrogens with zero attached hydrogens (tertiary/aromatic N) is 4. The van der Waals surface area contributed by atoms with Gasteiger partial charge in [0.1, 0.15) is 0 Å². The molecule has 0 aliphatic carbocycles. The molecule has 7 heteroatoms. The van der Waals surface area contributed by atoms with Gasteiger partial charge in [0, 0.05) is 16.3 Å². The standard InChI is InChI=1S/C23H21F3N4/c1-5-17-15-8-6-7-13(4)20(15)29-21(27-17)14-9-10-16-18(11-14)28-22(23(24,25)26)30-19(16)12(2)3/h6-12H,5H2,1-4H3. The van der Waals surface area contributed by atoms with Gasteiger partial charge in [0.25, 0.3) is 0 Å². The van der Waals surface area contributed by atoms with E-state index in [1.165, 1.54) is 0 Å². The quantitative estimate of drug-likeness (QED) is 0.400. The molecule has 0 saturated heterocycles. The minimum atomic E-state index is -4.61. The van der Waals surface area contributed by atoms with Crippen molar-refractivity contribution in [2.45, 2.75) is 46.2 Å². The van der Waals surface area contributed by atoms with Crippen molar-refractivity contribution in [1.29, 1.82) is 0 Å². The third-order valence-electron chi connectivity index (χ3n) is 5.13. The molecule has 0 spiro atoms. The Bertz CT molecular complexity index is 1260. The summed E-state index contributed by atoms with van der Waals surface area (Å²) in [7, 11) is 0. The molecule has 154 valence electrons. The number of para-hydroxylation sites is 1. The fourth-order valence-electron chi connectivity index (χ4n) is 3.62. The molecule has 0 bridgehead atoms. The number of aromatic nitrogens is 4. The van der Waals surface area contributed by atoms with Crippen LogP contribution >= 0.6 is 0 Å². The SMILES string of the molecule is CCc1nc(-c2ccc3c(C(C)C)nc(C(F)(F)F)nc3c2)nc2c(C)cccc12. The summed E-state index contributed by atoms with van der Waals surface area (Å²) in [6.45, 7) is 7.64. The monoisotopic (exact) mass is 410 g/mol. The Kier molecular flexibility index (Phi) is 4.92. The highest BCUT2D eigenvalue weighted by Gasteiger charge is 2.35. The van der Waals surface area contributed by atoms with Crippen molar-refractivity contribution in [3.63, 3.8) is 0 Å². The molecule has 0 aliphatic rings. The van der Waals surface area contributed by atoms with E-state index < -0.39 is 12.0 Å². The zero-order chi connectivity index (χ0) is 21.6. The van der Waals surface area contributed by atoms with Gasteiger partial charge in [0.15, 0.2) is 5.82 Å². The highest BCUT2D eigenvalue weighted by Crippen LogP contribution is 2.33. The van der Waals surface area contributed by atoms with Gasteiger partial charge in [0.2, 0.25) is 5.82 Å². The Hall–Kier alpha value is -3.09. The van der Waals surface area contributed by atoms with Crippen molar-refractivity contribution in [3.8, 4) is 11.4 Å². The number of alkyl halides is 3. The van der Waals surface area contributed by atoms with E-state index in [1.807, 2.05) is 52.0 Å². The van der Waals surface area contributed by atoms with Crippen molar-refractivity contribution in [1.82, 2.24) is 19.9 Å². The van der Waals surface area contributed by atoms with E-state index in [2.05, 4.69) is 15.0 Å². The van der Waals surface area contributed by atoms with Gasteiger partial charge in [-0.25, -0.2) is 19.9 Å². The summed E-state index contributed by atoms with van der Waals surface area (Å²) in [6, 6.07) is 11.1. The van der Waals surface area contributed by atoms with Gasteiger partial charge < -0.3 is 0 Å². The number of benzene rings is 2. The van der Waals surface area contributed by atoms with Crippen molar-refractivity contribution in [2.24, 2.45) is 0 Å². The molecular formula is C23H21F3N4. The minimum absolute atomic E-state index is 0.172. The summed E-state index contributed by atoms with van der Waals surface area (Å²) in [4.78, 5) is 17.0. The van der Waals surface area contributed by atoms with E-state index in [0.717, 1.165) is 28.6 Å². The highest BCUT2D eigenvalue weighted by atomic mass is 19.4. The third kappa shape index (κ3) is 3.49. The lowest BCUT2D eigenvalue weighted by Crippen LogP contribution is -2.13. The normalized spacial score (nSPS) is 12.3. The van der Waals surface area contributed by atoms with Gasteiger partial charge in [-0.15, -0.1) is 0 Å². The van der Waals surface area contributed by atoms with E-state index >= 15 is 0 Å². The summed E-state index contributed by atoms with van der Waals surface area (Å²) in [5, 5.41) is 1.60. The molecule has 2 aromatic carbocycles. The molecule has 2 heterocycles. The fourth-order valence-corrected chi connectivity index (χ4v) is 3.62. The third-order valence-corrected chi connectivity index (χ3v) is 5.13. The van der Waals surface area contributed by atoms with E-state index in [9.17, 15) is 13.2 Å². The molecule has 4 aromatic rings. The summed E-state index contributed by atoms with van der Waals surface area (Å²) in [5.74, 6) is -0.817. The highest BCUT2D eigenvalue weighted by molar-refractivity contribution is 5.88. The van der Waals surface area contributed by atoms with Gasteiger partial charge in [-0.3, -0.25) is 0 Å². The molecule has 0 aliphatic heterocycles. The number of hydrogen-bond acceptors (Lipinski definition) is 4. The van der Waals surface area contributed by atoms with Crippen molar-refractivity contribution in [3.05, 3.63) is 59.2 Å². The molecule has 0 unspecified atom stereocenters. The topological polar surface area (TPSA) is 51.6 Å². The van der Waals surface area contributed by atoms with Gasteiger partial charge in [-0.1, -0.05) is 51.1 Å². The van der Waals surface area contributed by atoms with Gasteiger partial charge >= 0.3 is 6.18 Å². The van der Waals surface area contributed by atoms with Crippen LogP contribution < -0.4 is 0 Å². The minimum Gasteiger partial charge on any atom is -0.232 e. The Balaban J connectivity index is 1.97. The van der Waals surface area contributed by atoms with E-state index in [4.69, 9.17) is 4.98 Å². The summed E-state index contributed by atoms with van der Waals surface area (Å²) in [6.07, 6.45) is -3.89. The van der Waals surface area contributed by atoms with Crippen LogP contribution in [-0.4, -0.2) is 19.9 Å². The van der Waals surface area contributed by atoms with Gasteiger partial charge in [-0.05, 0) is 30.9 Å². The number of aryl methyl sites for hydroxylation is 2. The molecule has 30 heavy (non-hydrogen) atoms. The van der Waals surface area contributed by atoms with Crippen molar-refractivity contribution in [2.75, 3.05) is 0 Å². The molecule has 0 saturated carbocycles. The maximum Gasteiger partial charge on any atom is 0.451 e. The van der Waals surface area contributed by atoms with Crippen LogP contribution in [0.15, 0.2) is 36.4 Å². The molecule has 0 N–H and O–H groups in total. The molecule has 0 radical (unpaired) electrons. The zero-order valence-electron chi connectivity index (χ0n) is 17.2. The van der Waals surface area contributed by atoms with Crippen molar-refractivity contribution >= 4 is 21.8 Å². The lowest BCUT2D eigenvalue weighted by Gasteiger charge is -2.14. The molecule has 2 aromatic heterocycles. The molecule has 0 atom stereocenters. The van der Waals surface area contributed by atoms with Crippen LogP contribution in [0.4, 0.5) is 13.2 Å². The number of halogens is 3. The Morgan fingerprint density at radius 2 is 1.70 bits per heavy atom. The van der Waals surface area contributed by atoms with Crippen LogP contribution in [0.1, 0.15) is 49.5 Å². The largest absolute Gasteiger partial charge is 0.451 e. The summed E-state index contributed by atoms with van der Waals surface area (Å²) < 4.78 is 40.1. The van der Waals surface area contributed by atoms with E-state index in [-0.39, 0.29) is 11.4 Å². The summed E-state index contributed by atoms with van der Waals surface area (Å²) in [5.41, 5.74) is 4.02. The second-order valence-electron chi connectivity index (χ2n) is 7.64. The predicted octanol–water partition coefficient (Wildman–Crippen LogP) is 6.25. The van der Waals surface area contributed by atoms with Gasteiger partial charge in [-0.2, -0.15) is 13.2 Å². The molecular weight excluding hydrogens is 389 g/mol. The number of fused-ring (bicyclic) bond motifs is 2. The van der Waals surface area contributed by atoms with E-state index in [0.29, 0.717) is 22.5 Å². The van der Waals surface area contributed by atoms with Gasteiger partial charge in [0.05, 0.1) is 22.4 Å². The Morgan fingerprint density at radius 3 is 2.37 bits per heavy atom. The summed E-state index contributed by atoms with van der Waals surface area (Å²) >= 11 is 0. The first-order valence-corrected chi connectivity index (χ1v) is 9.84. The number of hydrogen-bond donors (Lipinski definition) is 0. The van der Waals surface area contributed by atoms with Crippen LogP contribution in [0, 0.1) is 6.92 Å². The molecule has 4 rings (SSSR count). The lowest BCUT2D eigenvalue weighted by molar-refractivity contribution is -0.144. The predicted molar refractivity (Wildman–Crippen MR) is 111 cm³/mol. The smallest absolute Gasteiger partial charge is 0.232 e. The number of rotatable bonds is 3. The fraction of sp³-hybridized carbons (Fsp3) is 0.304. The second-order valence-corrected chi connectivity index (χ2v) is 7.64. The molecule has 4 nitrogen and oxygen atoms in total. The zero-order valence-corrected chi connectivity index (χ0v) is 17.2. The first-order chi connectivity index (χ1) is 14.2. The first kappa shape index (κ1) is 20.2. The average Bonchev–Trinajstić information content (AvgIpc) is 2.71. The first-order valence-electron chi connectivity index (χ1n) is 9.84. The average molecular weight is 410 g/mol. The molecule has 0 amide bonds. The maximum absolute atomic E-state index is 13.4. The van der Waals surface area contributed by atoms with Crippen LogP contribution in [0.5, 0.6) is 0 Å².